The Morgan fingerprint density at radius 1 is 0.881 bits per heavy atom. The van der Waals surface area contributed by atoms with Gasteiger partial charge in [-0.1, -0.05) is 58.0 Å². The lowest BCUT2D eigenvalue weighted by atomic mass is 10.2. The molecule has 0 amide bonds. The Morgan fingerprint density at radius 2 is 1.50 bits per heavy atom. The largest absolute Gasteiger partial charge is 0.498 e. The van der Waals surface area contributed by atoms with Gasteiger partial charge in [-0.15, -0.1) is 0 Å². The Bertz CT molecular complexity index is 1360. The molecule has 0 atom stereocenters. The molecule has 1 heterocycles. The van der Waals surface area contributed by atoms with Crippen molar-refractivity contribution in [3.8, 4) is 22.9 Å². The number of hydrogen-bond donors (Lipinski definition) is 1. The summed E-state index contributed by atoms with van der Waals surface area (Å²) < 4.78 is 18.4. The minimum Gasteiger partial charge on any atom is -0.498 e. The number of halogens is 1. The first-order valence-electron chi connectivity index (χ1n) is 15.1. The molecule has 3 aromatic rings. The molecule has 2 aromatic carbocycles. The van der Waals surface area contributed by atoms with Gasteiger partial charge in [0.05, 0.1) is 24.3 Å². The molecule has 7 nitrogen and oxygen atoms in total. The van der Waals surface area contributed by atoms with Gasteiger partial charge in [0, 0.05) is 29.8 Å². The zero-order valence-corrected chi connectivity index (χ0v) is 26.7. The second-order valence-electron chi connectivity index (χ2n) is 10.1. The summed E-state index contributed by atoms with van der Waals surface area (Å²) >= 11 is 6.01. The molecule has 228 valence electrons. The highest BCUT2D eigenvalue weighted by Crippen LogP contribution is 2.26. The van der Waals surface area contributed by atoms with Gasteiger partial charge in [-0.2, -0.15) is 0 Å². The van der Waals surface area contributed by atoms with Crippen LogP contribution in [-0.2, 0) is 9.47 Å². The molecule has 1 N–H and O–H groups in total. The molecule has 0 unspecified atom stereocenters. The van der Waals surface area contributed by atoms with Crippen LogP contribution in [0.15, 0.2) is 60.4 Å². The fourth-order valence-corrected chi connectivity index (χ4v) is 4.70. The number of aromatic nitrogens is 2. The summed E-state index contributed by atoms with van der Waals surface area (Å²) in [6.45, 7) is 22.3. The molecule has 0 fully saturated rings. The van der Waals surface area contributed by atoms with E-state index in [2.05, 4.69) is 49.1 Å². The molecule has 1 aromatic heterocycles. The number of allylic oxidation sites excluding steroid dienone is 1. The van der Waals surface area contributed by atoms with E-state index in [9.17, 15) is 0 Å². The van der Waals surface area contributed by atoms with Gasteiger partial charge in [-0.25, -0.2) is 4.98 Å². The number of benzene rings is 2. The van der Waals surface area contributed by atoms with Crippen molar-refractivity contribution < 1.29 is 14.2 Å². The van der Waals surface area contributed by atoms with Gasteiger partial charge in [0.15, 0.2) is 0 Å². The van der Waals surface area contributed by atoms with E-state index in [1.807, 2.05) is 49.4 Å². The topological polar surface area (TPSA) is 62.9 Å². The summed E-state index contributed by atoms with van der Waals surface area (Å²) in [6.07, 6.45) is 3.81. The summed E-state index contributed by atoms with van der Waals surface area (Å²) in [5.41, 5.74) is 0.881. The molecule has 0 aliphatic heterocycles. The van der Waals surface area contributed by atoms with Crippen LogP contribution in [0, 0.1) is 0 Å². The number of hydrogen-bond acceptors (Lipinski definition) is 6. The maximum Gasteiger partial charge on any atom is 0.150 e. The Morgan fingerprint density at radius 3 is 2.12 bits per heavy atom. The third-order valence-corrected chi connectivity index (χ3v) is 7.37. The van der Waals surface area contributed by atoms with Crippen molar-refractivity contribution in [2.24, 2.45) is 0 Å². The molecule has 8 heteroatoms. The van der Waals surface area contributed by atoms with Crippen LogP contribution in [0.3, 0.4) is 0 Å². The molecule has 42 heavy (non-hydrogen) atoms. The first-order chi connectivity index (χ1) is 20.4. The lowest BCUT2D eigenvalue weighted by Gasteiger charge is -2.18. The third kappa shape index (κ3) is 10.5. The van der Waals surface area contributed by atoms with Crippen LogP contribution in [0.5, 0.6) is 11.5 Å². The number of rotatable bonds is 18. The molecule has 0 saturated carbocycles. The average Bonchev–Trinajstić information content (AvgIpc) is 3.39. The molecule has 3 rings (SSSR count). The maximum absolute atomic E-state index is 6.33. The van der Waals surface area contributed by atoms with Gasteiger partial charge in [0.2, 0.25) is 0 Å². The molecule has 0 spiro atoms. The second-order valence-corrected chi connectivity index (χ2v) is 10.5. The number of aromatic amines is 1. The minimum absolute atomic E-state index is 0.573. The lowest BCUT2D eigenvalue weighted by molar-refractivity contribution is 0.185. The normalized spacial score (nSPS) is 12.6. The van der Waals surface area contributed by atoms with Crippen LogP contribution in [-0.4, -0.2) is 72.3 Å². The van der Waals surface area contributed by atoms with E-state index in [4.69, 9.17) is 30.8 Å². The monoisotopic (exact) mass is 594 g/mol. The van der Waals surface area contributed by atoms with Gasteiger partial charge in [0.1, 0.15) is 28.4 Å². The highest BCUT2D eigenvalue weighted by Gasteiger charge is 2.10. The quantitative estimate of drug-likeness (QED) is 0.135. The highest BCUT2D eigenvalue weighted by atomic mass is 35.5. The van der Waals surface area contributed by atoms with E-state index in [-0.39, 0.29) is 0 Å². The number of nitrogens with zero attached hydrogens (tertiary/aromatic N) is 3. The standard InChI is InChI=1S/C34H47ClN4O3/c1-7-38(8-2)20-12-22-40-26(5)24-32(41-23-13-21-39(9-3)10-4)33-27(6)36-34(37-33)28-14-11-15-31(25-28)42-30-18-16-29(35)17-19-30/h11,14-19,24-25H,6-10,12-13,20-23H2,1-5H3,(H,36,37)/b26-24+,33-32-. The van der Waals surface area contributed by atoms with Crippen LogP contribution < -0.4 is 15.4 Å². The predicted octanol–water partition coefficient (Wildman–Crippen LogP) is 6.44. The van der Waals surface area contributed by atoms with Crippen LogP contribution in [0.25, 0.3) is 23.7 Å². The SMILES string of the molecule is C=c1[nH]c(-c2cccc(Oc3ccc(Cl)cc3)c2)n/c1=C(/C=C(\C)OCCCN(CC)CC)OCCCN(CC)CC. The zero-order valence-electron chi connectivity index (χ0n) is 25.9. The predicted molar refractivity (Wildman–Crippen MR) is 174 cm³/mol. The number of ether oxygens (including phenoxy) is 3. The van der Waals surface area contributed by atoms with Crippen molar-refractivity contribution in [3.05, 3.63) is 76.1 Å². The van der Waals surface area contributed by atoms with E-state index in [0.29, 0.717) is 52.0 Å². The van der Waals surface area contributed by atoms with Gasteiger partial charge >= 0.3 is 0 Å². The van der Waals surface area contributed by atoms with Gasteiger partial charge in [0.25, 0.3) is 0 Å². The van der Waals surface area contributed by atoms with Crippen molar-refractivity contribution in [3.63, 3.8) is 0 Å². The van der Waals surface area contributed by atoms with Crippen molar-refractivity contribution in [2.45, 2.75) is 47.5 Å². The van der Waals surface area contributed by atoms with Crippen molar-refractivity contribution in [1.82, 2.24) is 19.8 Å². The van der Waals surface area contributed by atoms with Gasteiger partial charge in [-0.05, 0) is 82.3 Å². The first-order valence-corrected chi connectivity index (χ1v) is 15.5. The molecule has 0 aliphatic rings. The van der Waals surface area contributed by atoms with E-state index >= 15 is 0 Å². The Labute approximate surface area is 256 Å². The third-order valence-electron chi connectivity index (χ3n) is 7.12. The Kier molecular flexibility index (Phi) is 14.0. The summed E-state index contributed by atoms with van der Waals surface area (Å²) in [5, 5.41) is 2.01. The Balaban J connectivity index is 1.83. The summed E-state index contributed by atoms with van der Waals surface area (Å²) in [7, 11) is 0. The summed E-state index contributed by atoms with van der Waals surface area (Å²) in [4.78, 5) is 13.0. The molecule has 0 aliphatic carbocycles. The lowest BCUT2D eigenvalue weighted by Crippen LogP contribution is -2.27. The summed E-state index contributed by atoms with van der Waals surface area (Å²) in [6, 6.07) is 15.1. The average molecular weight is 595 g/mol. The number of nitrogens with one attached hydrogen (secondary N) is 1. The van der Waals surface area contributed by atoms with Gasteiger partial charge < -0.3 is 29.0 Å². The number of H-pyrrole nitrogens is 1. The second kappa shape index (κ2) is 17.6. The van der Waals surface area contributed by atoms with E-state index in [1.165, 1.54) is 0 Å². The summed E-state index contributed by atoms with van der Waals surface area (Å²) in [5.74, 6) is 3.53. The first kappa shape index (κ1) is 33.2. The maximum atomic E-state index is 6.33. The van der Waals surface area contributed by atoms with Crippen LogP contribution >= 0.6 is 11.6 Å². The highest BCUT2D eigenvalue weighted by molar-refractivity contribution is 6.30. The molecular weight excluding hydrogens is 548 g/mol. The van der Waals surface area contributed by atoms with Crippen LogP contribution in [0.4, 0.5) is 0 Å². The zero-order chi connectivity index (χ0) is 30.3. The van der Waals surface area contributed by atoms with Crippen molar-refractivity contribution in [1.29, 1.82) is 0 Å². The molecule has 0 radical (unpaired) electrons. The van der Waals surface area contributed by atoms with E-state index in [0.717, 1.165) is 63.4 Å². The number of imidazole rings is 1. The van der Waals surface area contributed by atoms with Crippen LogP contribution in [0.2, 0.25) is 5.02 Å². The Hall–Kier alpha value is -3.26. The molecule has 0 bridgehead atoms. The van der Waals surface area contributed by atoms with Crippen molar-refractivity contribution >= 4 is 23.9 Å². The molecule has 0 saturated heterocycles. The van der Waals surface area contributed by atoms with Crippen LogP contribution in [0.1, 0.15) is 47.5 Å². The van der Waals surface area contributed by atoms with E-state index < -0.39 is 0 Å². The fourth-order valence-electron chi connectivity index (χ4n) is 4.57. The minimum atomic E-state index is 0.573. The van der Waals surface area contributed by atoms with Gasteiger partial charge in [-0.3, -0.25) is 0 Å². The fraction of sp³-hybridized carbons (Fsp3) is 0.441. The smallest absolute Gasteiger partial charge is 0.150 e. The van der Waals surface area contributed by atoms with Crippen molar-refractivity contribution in [2.75, 3.05) is 52.5 Å². The van der Waals surface area contributed by atoms with E-state index in [1.54, 1.807) is 12.1 Å². The molecular formula is C34H47ClN4O3.